The van der Waals surface area contributed by atoms with E-state index in [0.29, 0.717) is 19.0 Å². The summed E-state index contributed by atoms with van der Waals surface area (Å²) in [6.45, 7) is 1.06. The smallest absolute Gasteiger partial charge is 0.345 e. The van der Waals surface area contributed by atoms with Crippen molar-refractivity contribution in [3.8, 4) is 11.5 Å². The number of esters is 1. The molecule has 1 aliphatic heterocycles. The highest BCUT2D eigenvalue weighted by molar-refractivity contribution is 5.94. The highest BCUT2D eigenvalue weighted by atomic mass is 16.7. The number of carbonyl (C=O) groups is 1. The Balaban J connectivity index is 1.86. The molecule has 1 heterocycles. The highest BCUT2D eigenvalue weighted by Gasteiger charge is 2.22. The molecule has 0 spiro atoms. The van der Waals surface area contributed by atoms with Gasteiger partial charge < -0.3 is 18.9 Å². The summed E-state index contributed by atoms with van der Waals surface area (Å²) in [7, 11) is 1.16. The van der Waals surface area contributed by atoms with Gasteiger partial charge in [0, 0.05) is 17.7 Å². The predicted octanol–water partition coefficient (Wildman–Crippen LogP) is 3.22. The van der Waals surface area contributed by atoms with E-state index in [1.807, 2.05) is 6.07 Å². The molecule has 0 unspecified atom stereocenters. The number of ether oxygens (including phenoxy) is 4. The van der Waals surface area contributed by atoms with E-state index >= 15 is 0 Å². The Hall–Kier alpha value is -2.97. The predicted molar refractivity (Wildman–Crippen MR) is 85.6 cm³/mol. The van der Waals surface area contributed by atoms with Gasteiger partial charge in [0.25, 0.3) is 5.69 Å². The van der Waals surface area contributed by atoms with Crippen molar-refractivity contribution < 1.29 is 28.7 Å². The highest BCUT2D eigenvalue weighted by Crippen LogP contribution is 2.31. The molecule has 0 radical (unpaired) electrons. The van der Waals surface area contributed by atoms with Gasteiger partial charge in [0.2, 0.25) is 0 Å². The second kappa shape index (κ2) is 7.29. The molecule has 2 aromatic carbocycles. The van der Waals surface area contributed by atoms with E-state index in [9.17, 15) is 14.9 Å². The first kappa shape index (κ1) is 16.9. The lowest BCUT2D eigenvalue weighted by molar-refractivity contribution is -0.385. The Morgan fingerprint density at radius 1 is 1.16 bits per heavy atom. The van der Waals surface area contributed by atoms with Crippen LogP contribution >= 0.6 is 0 Å². The molecule has 0 atom stereocenters. The molecule has 0 bridgehead atoms. The van der Waals surface area contributed by atoms with Crippen molar-refractivity contribution in [3.05, 3.63) is 63.7 Å². The zero-order valence-electron chi connectivity index (χ0n) is 13.3. The van der Waals surface area contributed by atoms with Crippen LogP contribution in [-0.2, 0) is 14.2 Å². The normalized spacial score (nSPS) is 14.3. The summed E-state index contributed by atoms with van der Waals surface area (Å²) in [6.07, 6.45) is -0.439. The van der Waals surface area contributed by atoms with Crippen LogP contribution in [0.15, 0.2) is 42.5 Å². The van der Waals surface area contributed by atoms with Crippen LogP contribution in [0.2, 0.25) is 0 Å². The minimum atomic E-state index is -0.807. The maximum absolute atomic E-state index is 11.8. The molecule has 25 heavy (non-hydrogen) atoms. The lowest BCUT2D eigenvalue weighted by Gasteiger charge is -2.12. The largest absolute Gasteiger partial charge is 0.465 e. The minimum absolute atomic E-state index is 0.177. The number of nitro groups is 1. The number of nitrogens with zero attached hydrogens (tertiary/aromatic N) is 1. The van der Waals surface area contributed by atoms with Gasteiger partial charge in [-0.1, -0.05) is 12.1 Å². The fraction of sp³-hybridized carbons (Fsp3) is 0.235. The molecular weight excluding hydrogens is 330 g/mol. The molecular formula is C17H15NO7. The first-order valence-corrected chi connectivity index (χ1v) is 7.46. The van der Waals surface area contributed by atoms with Gasteiger partial charge in [-0.3, -0.25) is 10.1 Å². The van der Waals surface area contributed by atoms with Crippen LogP contribution in [0.3, 0.4) is 0 Å². The van der Waals surface area contributed by atoms with Gasteiger partial charge >= 0.3 is 5.97 Å². The SMILES string of the molecule is COC(=O)c1cc(Oc2cccc(C3OCCO3)c2)ccc1[N+](=O)[O-]. The van der Waals surface area contributed by atoms with Crippen LogP contribution in [0, 0.1) is 10.1 Å². The van der Waals surface area contributed by atoms with Crippen molar-refractivity contribution in [1.29, 1.82) is 0 Å². The molecule has 8 nitrogen and oxygen atoms in total. The van der Waals surface area contributed by atoms with Crippen molar-refractivity contribution >= 4 is 11.7 Å². The molecule has 8 heteroatoms. The lowest BCUT2D eigenvalue weighted by atomic mass is 10.1. The van der Waals surface area contributed by atoms with E-state index in [4.69, 9.17) is 14.2 Å². The summed E-state index contributed by atoms with van der Waals surface area (Å²) in [5.41, 5.74) is 0.273. The first-order chi connectivity index (χ1) is 12.1. The summed E-state index contributed by atoms with van der Waals surface area (Å²) >= 11 is 0. The number of hydrogen-bond acceptors (Lipinski definition) is 7. The van der Waals surface area contributed by atoms with Crippen molar-refractivity contribution in [2.45, 2.75) is 6.29 Å². The van der Waals surface area contributed by atoms with E-state index < -0.39 is 17.2 Å². The van der Waals surface area contributed by atoms with Gasteiger partial charge in [0.05, 0.1) is 25.2 Å². The molecule has 130 valence electrons. The maximum atomic E-state index is 11.8. The maximum Gasteiger partial charge on any atom is 0.345 e. The number of nitro benzene ring substituents is 1. The van der Waals surface area contributed by atoms with E-state index in [1.165, 1.54) is 18.2 Å². The van der Waals surface area contributed by atoms with Gasteiger partial charge in [-0.15, -0.1) is 0 Å². The minimum Gasteiger partial charge on any atom is -0.465 e. The summed E-state index contributed by atoms with van der Waals surface area (Å²) < 4.78 is 21.2. The molecule has 0 aliphatic carbocycles. The number of methoxy groups -OCH3 is 1. The van der Waals surface area contributed by atoms with Crippen LogP contribution in [0.1, 0.15) is 22.2 Å². The quantitative estimate of drug-likeness (QED) is 0.466. The number of carbonyl (C=O) groups excluding carboxylic acids is 1. The Labute approximate surface area is 143 Å². The summed E-state index contributed by atoms with van der Waals surface area (Å²) in [5, 5.41) is 11.0. The molecule has 1 aliphatic rings. The molecule has 0 aromatic heterocycles. The Morgan fingerprint density at radius 3 is 2.56 bits per heavy atom. The van der Waals surface area contributed by atoms with E-state index in [2.05, 4.69) is 4.74 Å². The van der Waals surface area contributed by atoms with Crippen LogP contribution in [0.5, 0.6) is 11.5 Å². The fourth-order valence-electron chi connectivity index (χ4n) is 2.42. The standard InChI is InChI=1S/C17H15NO7/c1-22-16(19)14-10-13(5-6-15(14)18(20)21)25-12-4-2-3-11(9-12)17-23-7-8-24-17/h2-6,9-10,17H,7-8H2,1H3. The summed E-state index contributed by atoms with van der Waals surface area (Å²) in [6, 6.07) is 11.0. The Bertz CT molecular complexity index is 799. The molecule has 0 amide bonds. The zero-order chi connectivity index (χ0) is 17.8. The van der Waals surface area contributed by atoms with Crippen LogP contribution in [0.25, 0.3) is 0 Å². The van der Waals surface area contributed by atoms with Gasteiger partial charge in [0.15, 0.2) is 6.29 Å². The van der Waals surface area contributed by atoms with Crippen molar-refractivity contribution in [2.24, 2.45) is 0 Å². The third-order valence-corrected chi connectivity index (χ3v) is 3.56. The monoisotopic (exact) mass is 345 g/mol. The average Bonchev–Trinajstić information content (AvgIpc) is 3.15. The number of rotatable bonds is 5. The topological polar surface area (TPSA) is 97.1 Å². The number of benzene rings is 2. The van der Waals surface area contributed by atoms with Gasteiger partial charge in [-0.25, -0.2) is 4.79 Å². The van der Waals surface area contributed by atoms with Crippen LogP contribution < -0.4 is 4.74 Å². The van der Waals surface area contributed by atoms with E-state index in [-0.39, 0.29) is 17.0 Å². The summed E-state index contributed by atoms with van der Waals surface area (Å²) in [5.74, 6) is -0.0451. The average molecular weight is 345 g/mol. The molecule has 3 rings (SSSR count). The third kappa shape index (κ3) is 3.76. The third-order valence-electron chi connectivity index (χ3n) is 3.56. The molecule has 1 saturated heterocycles. The number of hydrogen-bond donors (Lipinski definition) is 0. The molecule has 1 fully saturated rings. The Morgan fingerprint density at radius 2 is 1.88 bits per heavy atom. The van der Waals surface area contributed by atoms with Gasteiger partial charge in [-0.2, -0.15) is 0 Å². The molecule has 0 saturated carbocycles. The van der Waals surface area contributed by atoms with Crippen molar-refractivity contribution in [3.63, 3.8) is 0 Å². The van der Waals surface area contributed by atoms with Crippen molar-refractivity contribution in [1.82, 2.24) is 0 Å². The van der Waals surface area contributed by atoms with Crippen molar-refractivity contribution in [2.75, 3.05) is 20.3 Å². The second-order valence-corrected chi connectivity index (χ2v) is 5.18. The Kier molecular flexibility index (Phi) is 4.92. The van der Waals surface area contributed by atoms with Gasteiger partial charge in [0.1, 0.15) is 17.1 Å². The van der Waals surface area contributed by atoms with E-state index in [1.54, 1.807) is 18.2 Å². The van der Waals surface area contributed by atoms with Crippen LogP contribution in [-0.4, -0.2) is 31.2 Å². The van der Waals surface area contributed by atoms with Gasteiger partial charge in [-0.05, 0) is 18.2 Å². The fourth-order valence-corrected chi connectivity index (χ4v) is 2.42. The second-order valence-electron chi connectivity index (χ2n) is 5.18. The molecule has 2 aromatic rings. The lowest BCUT2D eigenvalue weighted by Crippen LogP contribution is -2.06. The molecule has 0 N–H and O–H groups in total. The first-order valence-electron chi connectivity index (χ1n) is 7.46. The summed E-state index contributed by atoms with van der Waals surface area (Å²) in [4.78, 5) is 22.1. The van der Waals surface area contributed by atoms with E-state index in [0.717, 1.165) is 12.7 Å². The van der Waals surface area contributed by atoms with Crippen LogP contribution in [0.4, 0.5) is 5.69 Å². The zero-order valence-corrected chi connectivity index (χ0v) is 13.3.